The van der Waals surface area contributed by atoms with Crippen LogP contribution in [0.5, 0.6) is 5.75 Å². The van der Waals surface area contributed by atoms with Crippen LogP contribution in [0.25, 0.3) is 0 Å². The smallest absolute Gasteiger partial charge is 0.125 e. The quantitative estimate of drug-likeness (QED) is 0.928. The first-order chi connectivity index (χ1) is 10.2. The lowest BCUT2D eigenvalue weighted by Gasteiger charge is -2.18. The van der Waals surface area contributed by atoms with E-state index in [4.69, 9.17) is 22.1 Å². The molecule has 2 N–H and O–H groups in total. The number of rotatable bonds is 3. The van der Waals surface area contributed by atoms with Crippen LogP contribution in [0.3, 0.4) is 0 Å². The molecule has 0 radical (unpaired) electrons. The van der Waals surface area contributed by atoms with Crippen LogP contribution in [0.4, 0.5) is 0 Å². The highest BCUT2D eigenvalue weighted by atomic mass is 35.5. The van der Waals surface area contributed by atoms with Gasteiger partial charge in [-0.05, 0) is 78.5 Å². The van der Waals surface area contributed by atoms with E-state index in [2.05, 4.69) is 6.07 Å². The van der Waals surface area contributed by atoms with E-state index in [0.717, 1.165) is 59.8 Å². The normalized spacial score (nSPS) is 39.8. The molecule has 4 aliphatic rings. The average Bonchev–Trinajstić information content (AvgIpc) is 2.83. The molecule has 3 saturated carbocycles. The summed E-state index contributed by atoms with van der Waals surface area (Å²) in [5.41, 5.74) is 9.10. The molecule has 21 heavy (non-hydrogen) atoms. The van der Waals surface area contributed by atoms with E-state index in [0.29, 0.717) is 0 Å². The minimum absolute atomic E-state index is 0.287. The first kappa shape index (κ1) is 12.8. The van der Waals surface area contributed by atoms with Crippen molar-refractivity contribution in [2.24, 2.45) is 35.3 Å². The molecule has 5 atom stereocenters. The van der Waals surface area contributed by atoms with E-state index >= 15 is 0 Å². The lowest BCUT2D eigenvalue weighted by atomic mass is 9.93. The molecule has 1 aliphatic heterocycles. The molecule has 3 aliphatic carbocycles. The van der Waals surface area contributed by atoms with Gasteiger partial charge in [-0.1, -0.05) is 11.6 Å². The van der Waals surface area contributed by atoms with Gasteiger partial charge < -0.3 is 10.5 Å². The zero-order valence-corrected chi connectivity index (χ0v) is 13.0. The molecule has 2 nitrogen and oxygen atoms in total. The molecule has 3 heteroatoms. The molecule has 1 heterocycles. The van der Waals surface area contributed by atoms with Gasteiger partial charge in [-0.2, -0.15) is 0 Å². The van der Waals surface area contributed by atoms with E-state index in [-0.39, 0.29) is 6.04 Å². The van der Waals surface area contributed by atoms with Crippen molar-refractivity contribution in [1.29, 1.82) is 0 Å². The van der Waals surface area contributed by atoms with E-state index in [1.807, 2.05) is 6.07 Å². The minimum Gasteiger partial charge on any atom is -0.493 e. The average molecular weight is 304 g/mol. The Morgan fingerprint density at radius 1 is 1.24 bits per heavy atom. The van der Waals surface area contributed by atoms with Crippen molar-refractivity contribution in [3.8, 4) is 5.75 Å². The first-order valence-electron chi connectivity index (χ1n) is 8.42. The van der Waals surface area contributed by atoms with Crippen LogP contribution >= 0.6 is 11.6 Å². The Morgan fingerprint density at radius 2 is 2.00 bits per heavy atom. The van der Waals surface area contributed by atoms with Crippen molar-refractivity contribution in [2.45, 2.75) is 38.1 Å². The van der Waals surface area contributed by atoms with Gasteiger partial charge in [-0.15, -0.1) is 0 Å². The molecule has 3 fully saturated rings. The summed E-state index contributed by atoms with van der Waals surface area (Å²) in [6, 6.07) is 4.40. The second-order valence-corrected chi connectivity index (χ2v) is 8.02. The van der Waals surface area contributed by atoms with E-state index < -0.39 is 0 Å². The second-order valence-electron chi connectivity index (χ2n) is 7.58. The Balaban J connectivity index is 1.37. The fraction of sp³-hybridized carbons (Fsp3) is 0.667. The predicted molar refractivity (Wildman–Crippen MR) is 83.6 cm³/mol. The maximum Gasteiger partial charge on any atom is 0.125 e. The summed E-state index contributed by atoms with van der Waals surface area (Å²) in [4.78, 5) is 0. The number of ether oxygens (including phenoxy) is 1. The molecule has 0 amide bonds. The number of benzene rings is 1. The molecule has 0 aromatic heterocycles. The molecule has 5 unspecified atom stereocenters. The number of hydrogen-bond acceptors (Lipinski definition) is 2. The SMILES string of the molecule is NC(Cc1cc(Cl)cc2c1OCC2)C1C2C3CCC(C3)C12. The van der Waals surface area contributed by atoms with Crippen LogP contribution in [0, 0.1) is 29.6 Å². The lowest BCUT2D eigenvalue weighted by Crippen LogP contribution is -2.28. The summed E-state index contributed by atoms with van der Waals surface area (Å²) in [6.45, 7) is 0.788. The van der Waals surface area contributed by atoms with Crippen molar-refractivity contribution in [3.05, 3.63) is 28.3 Å². The van der Waals surface area contributed by atoms with Crippen molar-refractivity contribution < 1.29 is 4.74 Å². The Bertz CT molecular complexity index is 585. The largest absolute Gasteiger partial charge is 0.493 e. The summed E-state index contributed by atoms with van der Waals surface area (Å²) >= 11 is 6.26. The molecule has 0 saturated heterocycles. The number of halogens is 1. The summed E-state index contributed by atoms with van der Waals surface area (Å²) in [5, 5.41) is 0.831. The minimum atomic E-state index is 0.287. The molecular formula is C18H22ClNO. The van der Waals surface area contributed by atoms with E-state index in [1.54, 1.807) is 0 Å². The topological polar surface area (TPSA) is 35.2 Å². The van der Waals surface area contributed by atoms with E-state index in [9.17, 15) is 0 Å². The maximum absolute atomic E-state index is 6.60. The van der Waals surface area contributed by atoms with Crippen LogP contribution in [0.15, 0.2) is 12.1 Å². The van der Waals surface area contributed by atoms with Gasteiger partial charge >= 0.3 is 0 Å². The van der Waals surface area contributed by atoms with Crippen LogP contribution < -0.4 is 10.5 Å². The summed E-state index contributed by atoms with van der Waals surface area (Å²) < 4.78 is 5.82. The van der Waals surface area contributed by atoms with Gasteiger partial charge in [0.25, 0.3) is 0 Å². The Hall–Kier alpha value is -0.730. The molecule has 5 rings (SSSR count). The predicted octanol–water partition coefficient (Wildman–Crippen LogP) is 3.44. The standard InChI is InChI=1S/C18H22ClNO/c19-13-6-11-3-4-21-18(11)12(7-13)8-14(20)17-15-9-1-2-10(5-9)16(15)17/h6-7,9-10,14-17H,1-5,8,20H2. The van der Waals surface area contributed by atoms with Crippen LogP contribution in [0.2, 0.25) is 5.02 Å². The molecule has 1 aromatic rings. The lowest BCUT2D eigenvalue weighted by molar-refractivity contribution is 0.349. The van der Waals surface area contributed by atoms with Gasteiger partial charge in [0.1, 0.15) is 5.75 Å². The number of fused-ring (bicyclic) bond motifs is 6. The highest BCUT2D eigenvalue weighted by Gasteiger charge is 2.66. The molecule has 0 spiro atoms. The van der Waals surface area contributed by atoms with Gasteiger partial charge in [-0.25, -0.2) is 0 Å². The number of nitrogens with two attached hydrogens (primary N) is 1. The first-order valence-corrected chi connectivity index (χ1v) is 8.80. The Kier molecular flexibility index (Phi) is 2.67. The van der Waals surface area contributed by atoms with Gasteiger partial charge in [0, 0.05) is 17.5 Å². The summed E-state index contributed by atoms with van der Waals surface area (Å²) in [5.74, 6) is 5.74. The van der Waals surface area contributed by atoms with Crippen LogP contribution in [-0.4, -0.2) is 12.6 Å². The molecule has 1 aromatic carbocycles. The molecule has 112 valence electrons. The third-order valence-corrected chi connectivity index (χ3v) is 6.79. The Morgan fingerprint density at radius 3 is 2.76 bits per heavy atom. The van der Waals surface area contributed by atoms with Gasteiger partial charge in [0.2, 0.25) is 0 Å². The maximum atomic E-state index is 6.60. The third-order valence-electron chi connectivity index (χ3n) is 6.57. The number of hydrogen-bond donors (Lipinski definition) is 1. The monoisotopic (exact) mass is 303 g/mol. The highest BCUT2D eigenvalue weighted by Crippen LogP contribution is 2.70. The van der Waals surface area contributed by atoms with Gasteiger partial charge in [0.15, 0.2) is 0 Å². The summed E-state index contributed by atoms with van der Waals surface area (Å²) in [7, 11) is 0. The zero-order chi connectivity index (χ0) is 14.1. The molecule has 2 bridgehead atoms. The fourth-order valence-corrected chi connectivity index (χ4v) is 6.12. The van der Waals surface area contributed by atoms with Crippen LogP contribution in [0.1, 0.15) is 30.4 Å². The van der Waals surface area contributed by atoms with Gasteiger partial charge in [-0.3, -0.25) is 0 Å². The van der Waals surface area contributed by atoms with Crippen molar-refractivity contribution in [2.75, 3.05) is 6.61 Å². The molecular weight excluding hydrogens is 282 g/mol. The highest BCUT2D eigenvalue weighted by molar-refractivity contribution is 6.30. The zero-order valence-electron chi connectivity index (χ0n) is 12.2. The van der Waals surface area contributed by atoms with Crippen molar-refractivity contribution in [1.82, 2.24) is 0 Å². The van der Waals surface area contributed by atoms with E-state index in [1.165, 1.54) is 30.4 Å². The van der Waals surface area contributed by atoms with Gasteiger partial charge in [0.05, 0.1) is 6.61 Å². The summed E-state index contributed by atoms with van der Waals surface area (Å²) in [6.07, 6.45) is 6.33. The fourth-order valence-electron chi connectivity index (χ4n) is 5.85. The second kappa shape index (κ2) is 4.39. The Labute approximate surface area is 131 Å². The van der Waals surface area contributed by atoms with Crippen molar-refractivity contribution >= 4 is 11.6 Å². The third kappa shape index (κ3) is 1.82. The van der Waals surface area contributed by atoms with Crippen LogP contribution in [-0.2, 0) is 12.8 Å². The van der Waals surface area contributed by atoms with Crippen molar-refractivity contribution in [3.63, 3.8) is 0 Å².